The number of aromatic nitrogens is 1. The van der Waals surface area contributed by atoms with Crippen molar-refractivity contribution in [2.45, 2.75) is 13.0 Å². The van der Waals surface area contributed by atoms with Crippen LogP contribution in [0.25, 0.3) is 5.70 Å². The minimum Gasteiger partial charge on any atom is -0.398 e. The average Bonchev–Trinajstić information content (AvgIpc) is 2.89. The van der Waals surface area contributed by atoms with E-state index in [9.17, 15) is 5.26 Å². The van der Waals surface area contributed by atoms with Gasteiger partial charge in [-0.1, -0.05) is 30.3 Å². The van der Waals surface area contributed by atoms with Gasteiger partial charge in [-0.15, -0.1) is 0 Å². The summed E-state index contributed by atoms with van der Waals surface area (Å²) in [4.78, 5) is 16.0. The highest BCUT2D eigenvalue weighted by Gasteiger charge is 2.28. The number of nitriles is 1. The molecule has 2 N–H and O–H groups in total. The van der Waals surface area contributed by atoms with Crippen LogP contribution in [0.15, 0.2) is 66.1 Å². The maximum Gasteiger partial charge on any atom is 0.147 e. The molecule has 2 aromatic rings. The molecule has 2 aliphatic heterocycles. The first kappa shape index (κ1) is 24.6. The molecule has 35 heavy (non-hydrogen) atoms. The monoisotopic (exact) mass is 491 g/mol. The zero-order valence-electron chi connectivity index (χ0n) is 19.9. The molecule has 1 aromatic carbocycles. The Kier molecular flexibility index (Phi) is 7.91. The first-order valence-corrected chi connectivity index (χ1v) is 12.0. The third-order valence-corrected chi connectivity index (χ3v) is 6.48. The van der Waals surface area contributed by atoms with Gasteiger partial charge in [0, 0.05) is 56.7 Å². The van der Waals surface area contributed by atoms with Gasteiger partial charge in [0.25, 0.3) is 0 Å². The van der Waals surface area contributed by atoms with Crippen LogP contribution >= 0.6 is 11.6 Å². The van der Waals surface area contributed by atoms with Gasteiger partial charge in [-0.25, -0.2) is 9.98 Å². The number of nitrogens with zero attached hydrogens (tertiary/aromatic N) is 6. The number of amidine groups is 1. The molecule has 4 rings (SSSR count). The molecule has 3 heterocycles. The highest BCUT2D eigenvalue weighted by Crippen LogP contribution is 2.26. The molecule has 2 fully saturated rings. The minimum absolute atomic E-state index is 0.118. The lowest BCUT2D eigenvalue weighted by molar-refractivity contribution is 0.0533. The van der Waals surface area contributed by atoms with Crippen LogP contribution in [0.3, 0.4) is 0 Å². The summed E-state index contributed by atoms with van der Waals surface area (Å²) in [6.07, 6.45) is 3.64. The normalized spacial score (nSPS) is 19.5. The van der Waals surface area contributed by atoms with Crippen LogP contribution in [-0.2, 0) is 4.74 Å². The number of halogens is 1. The number of benzene rings is 1. The number of rotatable bonds is 5. The number of hydrogen-bond donors (Lipinski definition) is 1. The van der Waals surface area contributed by atoms with E-state index in [-0.39, 0.29) is 6.04 Å². The van der Waals surface area contributed by atoms with Crippen molar-refractivity contribution in [1.29, 1.82) is 5.26 Å². The Morgan fingerprint density at radius 3 is 2.77 bits per heavy atom. The number of aliphatic imine (C=N–C) groups is 1. The van der Waals surface area contributed by atoms with E-state index in [1.165, 1.54) is 0 Å². The summed E-state index contributed by atoms with van der Waals surface area (Å²) < 4.78 is 5.47. The quantitative estimate of drug-likeness (QED) is 0.506. The molecule has 0 amide bonds. The molecule has 1 atom stereocenters. The largest absolute Gasteiger partial charge is 0.398 e. The van der Waals surface area contributed by atoms with Gasteiger partial charge in [0.15, 0.2) is 0 Å². The molecule has 182 valence electrons. The van der Waals surface area contributed by atoms with Crippen LogP contribution in [0.5, 0.6) is 0 Å². The Balaban J connectivity index is 1.62. The van der Waals surface area contributed by atoms with E-state index in [1.54, 1.807) is 18.3 Å². The third kappa shape index (κ3) is 5.94. The molecular weight excluding hydrogens is 462 g/mol. The first-order valence-electron chi connectivity index (χ1n) is 11.7. The lowest BCUT2D eigenvalue weighted by atomic mass is 10.1. The van der Waals surface area contributed by atoms with Gasteiger partial charge in [-0.05, 0) is 36.8 Å². The second kappa shape index (κ2) is 11.3. The molecule has 0 saturated carbocycles. The van der Waals surface area contributed by atoms with Gasteiger partial charge >= 0.3 is 0 Å². The number of morpholine rings is 1. The fraction of sp³-hybridized carbons (Fsp3) is 0.346. The Hall–Kier alpha value is -3.54. The molecule has 8 nitrogen and oxygen atoms in total. The van der Waals surface area contributed by atoms with Crippen molar-refractivity contribution >= 4 is 29.0 Å². The highest BCUT2D eigenvalue weighted by molar-refractivity contribution is 6.32. The lowest BCUT2D eigenvalue weighted by Crippen LogP contribution is -2.54. The first-order chi connectivity index (χ1) is 17.0. The van der Waals surface area contributed by atoms with Crippen LogP contribution in [-0.4, -0.2) is 72.6 Å². The molecule has 0 bridgehead atoms. The van der Waals surface area contributed by atoms with Crippen LogP contribution in [0.2, 0.25) is 5.02 Å². The Morgan fingerprint density at radius 1 is 1.26 bits per heavy atom. The van der Waals surface area contributed by atoms with Crippen molar-refractivity contribution in [3.63, 3.8) is 0 Å². The summed E-state index contributed by atoms with van der Waals surface area (Å²) >= 11 is 6.40. The van der Waals surface area contributed by atoms with Crippen molar-refractivity contribution in [2.75, 3.05) is 50.8 Å². The maximum atomic E-state index is 9.28. The summed E-state index contributed by atoms with van der Waals surface area (Å²) in [6.45, 7) is 11.4. The molecule has 0 spiro atoms. The van der Waals surface area contributed by atoms with Crippen LogP contribution < -0.4 is 10.6 Å². The molecule has 2 aliphatic rings. The van der Waals surface area contributed by atoms with Crippen LogP contribution in [0, 0.1) is 11.3 Å². The van der Waals surface area contributed by atoms with Crippen molar-refractivity contribution in [2.24, 2.45) is 10.7 Å². The SMILES string of the molecule is C=C(N=C(/C=C(\N)c1cccc(C#N)c1)N1CCN(c2ncccc2Cl)C[C@H]1C)N1CCOCC1. The predicted molar refractivity (Wildman–Crippen MR) is 140 cm³/mol. The van der Waals surface area contributed by atoms with Gasteiger partial charge < -0.3 is 25.2 Å². The van der Waals surface area contributed by atoms with E-state index < -0.39 is 0 Å². The second-order valence-electron chi connectivity index (χ2n) is 8.58. The Bertz CT molecular complexity index is 1170. The van der Waals surface area contributed by atoms with E-state index in [0.29, 0.717) is 41.9 Å². The number of pyridine rings is 1. The molecule has 1 aromatic heterocycles. The second-order valence-corrected chi connectivity index (χ2v) is 8.98. The number of ether oxygens (including phenoxy) is 1. The molecular formula is C26H30ClN7O. The Morgan fingerprint density at radius 2 is 2.06 bits per heavy atom. The topological polar surface area (TPSA) is 94.0 Å². The van der Waals surface area contributed by atoms with Crippen molar-refractivity contribution < 1.29 is 4.74 Å². The predicted octanol–water partition coefficient (Wildman–Crippen LogP) is 3.32. The molecule has 0 aliphatic carbocycles. The zero-order chi connectivity index (χ0) is 24.8. The van der Waals surface area contributed by atoms with Gasteiger partial charge in [0.2, 0.25) is 0 Å². The summed E-state index contributed by atoms with van der Waals surface area (Å²) in [5, 5.41) is 9.92. The highest BCUT2D eigenvalue weighted by atomic mass is 35.5. The van der Waals surface area contributed by atoms with E-state index >= 15 is 0 Å². The summed E-state index contributed by atoms with van der Waals surface area (Å²) in [5.41, 5.74) is 8.38. The van der Waals surface area contributed by atoms with Crippen LogP contribution in [0.1, 0.15) is 18.1 Å². The van der Waals surface area contributed by atoms with E-state index in [2.05, 4.69) is 39.3 Å². The third-order valence-electron chi connectivity index (χ3n) is 6.19. The van der Waals surface area contributed by atoms with Crippen molar-refractivity contribution in [3.8, 4) is 6.07 Å². The number of piperazine rings is 1. The lowest BCUT2D eigenvalue weighted by Gasteiger charge is -2.42. The average molecular weight is 492 g/mol. The molecule has 2 saturated heterocycles. The maximum absolute atomic E-state index is 9.28. The van der Waals surface area contributed by atoms with Crippen molar-refractivity contribution in [1.82, 2.24) is 14.8 Å². The number of anilines is 1. The Labute approximate surface area is 211 Å². The van der Waals surface area contributed by atoms with Gasteiger partial charge in [-0.2, -0.15) is 5.26 Å². The molecule has 9 heteroatoms. The standard InChI is InChI=1S/C26H30ClN7O/c1-19-18-33(26-23(27)7-4-8-30-26)9-10-34(19)25(31-20(2)32-11-13-35-14-12-32)16-24(29)22-6-3-5-21(15-22)17-28/h3-8,15-16,19H,2,9-14,18,29H2,1H3/b24-16-,31-25?/t19-/m1/s1. The number of nitrogens with two attached hydrogens (primary N) is 1. The minimum atomic E-state index is 0.118. The van der Waals surface area contributed by atoms with Gasteiger partial charge in [-0.3, -0.25) is 0 Å². The molecule has 0 unspecified atom stereocenters. The van der Waals surface area contributed by atoms with Gasteiger partial charge in [0.05, 0.1) is 29.9 Å². The van der Waals surface area contributed by atoms with E-state index in [0.717, 1.165) is 43.4 Å². The van der Waals surface area contributed by atoms with Crippen molar-refractivity contribution in [3.05, 3.63) is 77.2 Å². The molecule has 0 radical (unpaired) electrons. The smallest absolute Gasteiger partial charge is 0.147 e. The fourth-order valence-electron chi connectivity index (χ4n) is 4.29. The fourth-order valence-corrected chi connectivity index (χ4v) is 4.54. The summed E-state index contributed by atoms with van der Waals surface area (Å²) in [5.74, 6) is 2.21. The van der Waals surface area contributed by atoms with Crippen LogP contribution in [0.4, 0.5) is 5.82 Å². The number of hydrogen-bond acceptors (Lipinski definition) is 7. The van der Waals surface area contributed by atoms with Gasteiger partial charge in [0.1, 0.15) is 17.5 Å². The van der Waals surface area contributed by atoms with E-state index in [4.69, 9.17) is 27.1 Å². The summed E-state index contributed by atoms with van der Waals surface area (Å²) in [7, 11) is 0. The summed E-state index contributed by atoms with van der Waals surface area (Å²) in [6, 6.07) is 13.2. The van der Waals surface area contributed by atoms with E-state index in [1.807, 2.05) is 30.3 Å². The zero-order valence-corrected chi connectivity index (χ0v) is 20.7.